The van der Waals surface area contributed by atoms with Crippen molar-refractivity contribution in [1.29, 1.82) is 0 Å². The number of anilines is 1. The van der Waals surface area contributed by atoms with Crippen LogP contribution in [0.3, 0.4) is 0 Å². The predicted octanol–water partition coefficient (Wildman–Crippen LogP) is 1.35. The summed E-state index contributed by atoms with van der Waals surface area (Å²) in [5, 5.41) is 8.92. The molecule has 0 saturated heterocycles. The van der Waals surface area contributed by atoms with E-state index in [2.05, 4.69) is 0 Å². The van der Waals surface area contributed by atoms with Crippen molar-refractivity contribution in [3.63, 3.8) is 0 Å². The van der Waals surface area contributed by atoms with Gasteiger partial charge in [-0.3, -0.25) is 0 Å². The van der Waals surface area contributed by atoms with Crippen molar-refractivity contribution in [3.05, 3.63) is 17.7 Å². The number of carboxylic acids is 1. The Morgan fingerprint density at radius 1 is 1.41 bits per heavy atom. The van der Waals surface area contributed by atoms with Gasteiger partial charge in [0.15, 0.2) is 18.3 Å². The van der Waals surface area contributed by atoms with E-state index in [0.717, 1.165) is 0 Å². The number of carbonyl (C=O) groups is 1. The Hall–Kier alpha value is -1.95. The summed E-state index contributed by atoms with van der Waals surface area (Å²) in [5.41, 5.74) is 5.67. The third kappa shape index (κ3) is 3.25. The Morgan fingerprint density at radius 3 is 2.65 bits per heavy atom. The molecule has 0 aliphatic carbocycles. The lowest BCUT2D eigenvalue weighted by Crippen LogP contribution is -2.07. The SMILES string of the molecule is CCOCOc1cc(C(=O)O)c(N)cc1OC. The second-order valence-corrected chi connectivity index (χ2v) is 3.15. The zero-order valence-electron chi connectivity index (χ0n) is 9.73. The molecular formula is C11H15NO5. The van der Waals surface area contributed by atoms with Crippen LogP contribution in [0.1, 0.15) is 17.3 Å². The van der Waals surface area contributed by atoms with E-state index in [1.54, 1.807) is 0 Å². The summed E-state index contributed by atoms with van der Waals surface area (Å²) in [5.74, 6) is -0.467. The Bertz CT molecular complexity index is 405. The van der Waals surface area contributed by atoms with E-state index in [-0.39, 0.29) is 23.8 Å². The average Bonchev–Trinajstić information content (AvgIpc) is 2.30. The van der Waals surface area contributed by atoms with Crippen molar-refractivity contribution >= 4 is 11.7 Å². The minimum absolute atomic E-state index is 0.0236. The lowest BCUT2D eigenvalue weighted by molar-refractivity contribution is 0.0208. The van der Waals surface area contributed by atoms with Crippen LogP contribution in [0.5, 0.6) is 11.5 Å². The number of benzene rings is 1. The number of hydrogen-bond donors (Lipinski definition) is 2. The zero-order valence-corrected chi connectivity index (χ0v) is 9.73. The summed E-state index contributed by atoms with van der Waals surface area (Å²) >= 11 is 0. The van der Waals surface area contributed by atoms with Gasteiger partial charge >= 0.3 is 5.97 Å². The number of aromatic carboxylic acids is 1. The summed E-state index contributed by atoms with van der Waals surface area (Å²) in [7, 11) is 1.45. The van der Waals surface area contributed by atoms with Gasteiger partial charge in [-0.2, -0.15) is 0 Å². The molecule has 0 bridgehead atoms. The monoisotopic (exact) mass is 241 g/mol. The van der Waals surface area contributed by atoms with Crippen molar-refractivity contribution in [2.45, 2.75) is 6.92 Å². The first kappa shape index (κ1) is 13.1. The van der Waals surface area contributed by atoms with Crippen LogP contribution < -0.4 is 15.2 Å². The average molecular weight is 241 g/mol. The van der Waals surface area contributed by atoms with Gasteiger partial charge in [0, 0.05) is 18.7 Å². The van der Waals surface area contributed by atoms with Gasteiger partial charge in [-0.1, -0.05) is 0 Å². The van der Waals surface area contributed by atoms with Crippen LogP contribution in [0.15, 0.2) is 12.1 Å². The molecule has 0 fully saturated rings. The molecule has 0 spiro atoms. The fourth-order valence-electron chi connectivity index (χ4n) is 1.22. The van der Waals surface area contributed by atoms with Crippen LogP contribution in [0.25, 0.3) is 0 Å². The number of nitrogens with two attached hydrogens (primary N) is 1. The number of rotatable bonds is 6. The van der Waals surface area contributed by atoms with Crippen LogP contribution in [0.2, 0.25) is 0 Å². The standard InChI is InChI=1S/C11H15NO5/c1-3-16-6-17-10-4-7(11(13)14)8(12)5-9(10)15-2/h4-5H,3,6,12H2,1-2H3,(H,13,14). The van der Waals surface area contributed by atoms with E-state index in [0.29, 0.717) is 12.4 Å². The maximum absolute atomic E-state index is 10.9. The fourth-order valence-corrected chi connectivity index (χ4v) is 1.22. The van der Waals surface area contributed by atoms with Gasteiger partial charge in [0.05, 0.1) is 18.4 Å². The van der Waals surface area contributed by atoms with E-state index in [9.17, 15) is 4.79 Å². The highest BCUT2D eigenvalue weighted by Crippen LogP contribution is 2.32. The molecule has 94 valence electrons. The van der Waals surface area contributed by atoms with Gasteiger partial charge in [-0.15, -0.1) is 0 Å². The Morgan fingerprint density at radius 2 is 2.12 bits per heavy atom. The van der Waals surface area contributed by atoms with Gasteiger partial charge in [0.1, 0.15) is 0 Å². The molecule has 3 N–H and O–H groups in total. The van der Waals surface area contributed by atoms with Crippen molar-refractivity contribution in [3.8, 4) is 11.5 Å². The van der Waals surface area contributed by atoms with Gasteiger partial charge in [0.2, 0.25) is 0 Å². The minimum Gasteiger partial charge on any atom is -0.493 e. The lowest BCUT2D eigenvalue weighted by Gasteiger charge is -2.12. The molecule has 0 atom stereocenters. The maximum Gasteiger partial charge on any atom is 0.337 e. The summed E-state index contributed by atoms with van der Waals surface area (Å²) in [6.45, 7) is 2.35. The van der Waals surface area contributed by atoms with E-state index in [1.165, 1.54) is 19.2 Å². The number of methoxy groups -OCH3 is 1. The topological polar surface area (TPSA) is 91.0 Å². The third-order valence-electron chi connectivity index (χ3n) is 2.07. The van der Waals surface area contributed by atoms with Crippen LogP contribution in [0, 0.1) is 0 Å². The molecule has 0 radical (unpaired) electrons. The molecule has 17 heavy (non-hydrogen) atoms. The summed E-state index contributed by atoms with van der Waals surface area (Å²) in [4.78, 5) is 10.9. The molecule has 1 rings (SSSR count). The first-order valence-electron chi connectivity index (χ1n) is 5.01. The Labute approximate surface area is 98.9 Å². The molecule has 0 unspecified atom stereocenters. The minimum atomic E-state index is -1.12. The second-order valence-electron chi connectivity index (χ2n) is 3.15. The first-order valence-corrected chi connectivity index (χ1v) is 5.01. The molecule has 0 aliphatic heterocycles. The van der Waals surface area contributed by atoms with E-state index >= 15 is 0 Å². The van der Waals surface area contributed by atoms with Crippen LogP contribution in [0.4, 0.5) is 5.69 Å². The number of nitrogen functional groups attached to an aromatic ring is 1. The fraction of sp³-hybridized carbons (Fsp3) is 0.364. The molecule has 6 nitrogen and oxygen atoms in total. The molecule has 0 saturated carbocycles. The van der Waals surface area contributed by atoms with Gasteiger partial charge in [0.25, 0.3) is 0 Å². The normalized spacial score (nSPS) is 10.0. The van der Waals surface area contributed by atoms with Gasteiger partial charge in [-0.25, -0.2) is 4.79 Å². The van der Waals surface area contributed by atoms with Crippen LogP contribution in [-0.4, -0.2) is 31.6 Å². The number of ether oxygens (including phenoxy) is 3. The van der Waals surface area contributed by atoms with E-state index in [4.69, 9.17) is 25.1 Å². The number of carboxylic acid groups (broad SMARTS) is 1. The summed E-state index contributed by atoms with van der Waals surface area (Å²) in [6, 6.07) is 2.72. The molecule has 0 amide bonds. The molecule has 6 heteroatoms. The smallest absolute Gasteiger partial charge is 0.337 e. The van der Waals surface area contributed by atoms with E-state index < -0.39 is 5.97 Å². The van der Waals surface area contributed by atoms with Crippen molar-refractivity contribution < 1.29 is 24.1 Å². The van der Waals surface area contributed by atoms with Crippen molar-refractivity contribution in [1.82, 2.24) is 0 Å². The first-order chi connectivity index (χ1) is 8.10. The van der Waals surface area contributed by atoms with Crippen LogP contribution >= 0.6 is 0 Å². The summed E-state index contributed by atoms with van der Waals surface area (Å²) < 4.78 is 15.3. The highest BCUT2D eigenvalue weighted by Gasteiger charge is 2.14. The molecule has 0 heterocycles. The lowest BCUT2D eigenvalue weighted by atomic mass is 10.1. The van der Waals surface area contributed by atoms with E-state index in [1.807, 2.05) is 6.92 Å². The van der Waals surface area contributed by atoms with Gasteiger partial charge in [-0.05, 0) is 6.92 Å². The Balaban J connectivity index is 2.99. The van der Waals surface area contributed by atoms with Crippen molar-refractivity contribution in [2.75, 3.05) is 26.2 Å². The molecular weight excluding hydrogens is 226 g/mol. The van der Waals surface area contributed by atoms with Crippen LogP contribution in [-0.2, 0) is 4.74 Å². The predicted molar refractivity (Wildman–Crippen MR) is 61.5 cm³/mol. The Kier molecular flexibility index (Phi) is 4.59. The molecule has 0 aliphatic rings. The highest BCUT2D eigenvalue weighted by molar-refractivity contribution is 5.94. The quantitative estimate of drug-likeness (QED) is 0.444. The van der Waals surface area contributed by atoms with Gasteiger partial charge < -0.3 is 25.1 Å². The van der Waals surface area contributed by atoms with Crippen molar-refractivity contribution in [2.24, 2.45) is 0 Å². The maximum atomic E-state index is 10.9. The molecule has 0 aromatic heterocycles. The zero-order chi connectivity index (χ0) is 12.8. The second kappa shape index (κ2) is 5.95. The molecule has 1 aromatic carbocycles. The highest BCUT2D eigenvalue weighted by atomic mass is 16.7. The third-order valence-corrected chi connectivity index (χ3v) is 2.07. The number of hydrogen-bond acceptors (Lipinski definition) is 5. The largest absolute Gasteiger partial charge is 0.493 e. The summed E-state index contributed by atoms with van der Waals surface area (Å²) in [6.07, 6.45) is 0. The molecule has 1 aromatic rings.